The molecule has 0 bridgehead atoms. The van der Waals surface area contributed by atoms with Gasteiger partial charge in [-0.05, 0) is 32.6 Å². The van der Waals surface area contributed by atoms with Gasteiger partial charge in [-0.3, -0.25) is 14.4 Å². The van der Waals surface area contributed by atoms with Crippen LogP contribution in [0.3, 0.4) is 0 Å². The summed E-state index contributed by atoms with van der Waals surface area (Å²) >= 11 is 4.17. The lowest BCUT2D eigenvalue weighted by Gasteiger charge is -2.32. The topological polar surface area (TPSA) is 148 Å². The molecule has 4 atom stereocenters. The number of nitriles is 1. The molecule has 4 unspecified atom stereocenters. The summed E-state index contributed by atoms with van der Waals surface area (Å²) in [7, 11) is 0. The van der Waals surface area contributed by atoms with Crippen molar-refractivity contribution in [2.75, 3.05) is 32.1 Å². The minimum absolute atomic E-state index is 0.0365. The van der Waals surface area contributed by atoms with Crippen molar-refractivity contribution in [1.82, 2.24) is 4.90 Å². The molecule has 0 aliphatic carbocycles. The molecule has 3 N–H and O–H groups in total. The maximum absolute atomic E-state index is 13.9. The highest BCUT2D eigenvalue weighted by Crippen LogP contribution is 2.38. The van der Waals surface area contributed by atoms with Crippen LogP contribution in [0.4, 0.5) is 0 Å². The van der Waals surface area contributed by atoms with Crippen molar-refractivity contribution in [3.8, 4) is 6.07 Å². The van der Waals surface area contributed by atoms with Gasteiger partial charge in [-0.25, -0.2) is 0 Å². The van der Waals surface area contributed by atoms with Crippen LogP contribution < -0.4 is 0 Å². The normalized spacial score (nSPS) is 13.9. The molecule has 358 valence electrons. The molecule has 1 amide bonds. The van der Waals surface area contributed by atoms with Gasteiger partial charge in [-0.1, -0.05) is 206 Å². The van der Waals surface area contributed by atoms with Gasteiger partial charge in [0.2, 0.25) is 5.91 Å². The Bertz CT molecular complexity index is 1050. The highest BCUT2D eigenvalue weighted by atomic mass is 32.1. The summed E-state index contributed by atoms with van der Waals surface area (Å²) in [6, 6.07) is 2.23. The first-order chi connectivity index (χ1) is 29.6. The number of rotatable bonds is 46. The van der Waals surface area contributed by atoms with Gasteiger partial charge in [0.1, 0.15) is 12.7 Å². The number of hydrogen-bond acceptors (Lipinski definition) is 8. The number of nitrogens with zero attached hydrogens (tertiary/aromatic N) is 2. The number of hydrogen-bond donors (Lipinski definition) is 4. The second-order valence-electron chi connectivity index (χ2n) is 18.5. The van der Waals surface area contributed by atoms with E-state index in [2.05, 4.69) is 32.5 Å². The first kappa shape index (κ1) is 59.2. The molecule has 0 aromatic carbocycles. The van der Waals surface area contributed by atoms with E-state index in [-0.39, 0.29) is 30.9 Å². The standard InChI is InChI=1S/C51H96N2O7S/c1-4-6-8-10-12-14-16-18-20-22-24-26-28-30-32-34-38-53(39-35-33-31-29-27-25-23-21-19-17-15-13-11-9-7-5-2)48(56)36-37-51(3,44-52)47(40-45(43-61)49(57)58)50(59)60-42-46(55)41-54/h45-47,54-55,61H,4-43H2,1-3H3,(H,57,58). The van der Waals surface area contributed by atoms with Crippen molar-refractivity contribution in [2.24, 2.45) is 17.3 Å². The summed E-state index contributed by atoms with van der Waals surface area (Å²) in [6.45, 7) is 6.38. The van der Waals surface area contributed by atoms with E-state index in [1.807, 2.05) is 4.90 Å². The minimum atomic E-state index is -1.39. The van der Waals surface area contributed by atoms with Crippen molar-refractivity contribution in [3.05, 3.63) is 0 Å². The molecule has 0 radical (unpaired) electrons. The van der Waals surface area contributed by atoms with E-state index in [9.17, 15) is 35.0 Å². The average Bonchev–Trinajstić information content (AvgIpc) is 3.26. The number of thiol groups is 1. The number of esters is 1. The van der Waals surface area contributed by atoms with E-state index >= 15 is 0 Å². The highest BCUT2D eigenvalue weighted by Gasteiger charge is 2.43. The average molecular weight is 881 g/mol. The van der Waals surface area contributed by atoms with E-state index in [4.69, 9.17) is 4.74 Å². The fourth-order valence-corrected chi connectivity index (χ4v) is 8.69. The molecule has 0 heterocycles. The molecular weight excluding hydrogens is 785 g/mol. The van der Waals surface area contributed by atoms with E-state index in [0.717, 1.165) is 38.5 Å². The van der Waals surface area contributed by atoms with Crippen molar-refractivity contribution in [3.63, 3.8) is 0 Å². The van der Waals surface area contributed by atoms with Crippen LogP contribution in [0.25, 0.3) is 0 Å². The van der Waals surface area contributed by atoms with Crippen LogP contribution >= 0.6 is 12.6 Å². The number of aliphatic carboxylic acids is 1. The third-order valence-electron chi connectivity index (χ3n) is 12.8. The van der Waals surface area contributed by atoms with E-state index < -0.39 is 48.5 Å². The molecule has 0 fully saturated rings. The minimum Gasteiger partial charge on any atom is -0.481 e. The molecule has 10 heteroatoms. The Hall–Kier alpha value is -1.83. The van der Waals surface area contributed by atoms with E-state index in [1.54, 1.807) is 6.92 Å². The van der Waals surface area contributed by atoms with Gasteiger partial charge in [0.25, 0.3) is 0 Å². The Balaban J connectivity index is 5.04. The van der Waals surface area contributed by atoms with Crippen LogP contribution in [-0.2, 0) is 19.1 Å². The number of unbranched alkanes of at least 4 members (excludes halogenated alkanes) is 30. The van der Waals surface area contributed by atoms with Gasteiger partial charge in [-0.15, -0.1) is 0 Å². The van der Waals surface area contributed by atoms with Crippen LogP contribution in [0.5, 0.6) is 0 Å². The molecule has 0 saturated heterocycles. The summed E-state index contributed by atoms with van der Waals surface area (Å²) in [4.78, 5) is 41.0. The van der Waals surface area contributed by atoms with E-state index in [1.165, 1.54) is 167 Å². The fourth-order valence-electron chi connectivity index (χ4n) is 8.38. The van der Waals surface area contributed by atoms with Gasteiger partial charge in [-0.2, -0.15) is 17.9 Å². The highest BCUT2D eigenvalue weighted by molar-refractivity contribution is 7.80. The molecule has 0 saturated carbocycles. The Kier molecular flexibility index (Phi) is 40.9. The van der Waals surface area contributed by atoms with Crippen LogP contribution in [0.2, 0.25) is 0 Å². The lowest BCUT2D eigenvalue weighted by molar-refractivity contribution is -0.158. The third-order valence-corrected chi connectivity index (χ3v) is 13.2. The Morgan fingerprint density at radius 1 is 0.639 bits per heavy atom. The number of carboxylic acids is 1. The van der Waals surface area contributed by atoms with Crippen LogP contribution in [-0.4, -0.2) is 76.2 Å². The fraction of sp³-hybridized carbons (Fsp3) is 0.922. The number of carbonyl (C=O) groups is 3. The number of carbonyl (C=O) groups excluding carboxylic acids is 2. The van der Waals surface area contributed by atoms with Crippen LogP contribution in [0.15, 0.2) is 0 Å². The molecular formula is C51H96N2O7S. The molecule has 0 aliphatic heterocycles. The molecule has 0 aromatic heterocycles. The number of ether oxygens (including phenoxy) is 1. The maximum atomic E-state index is 13.9. The number of aliphatic hydroxyl groups is 2. The Morgan fingerprint density at radius 3 is 1.28 bits per heavy atom. The van der Waals surface area contributed by atoms with E-state index in [0.29, 0.717) is 13.1 Å². The zero-order valence-corrected chi connectivity index (χ0v) is 40.7. The summed E-state index contributed by atoms with van der Waals surface area (Å²) < 4.78 is 5.25. The Morgan fingerprint density at radius 2 is 0.984 bits per heavy atom. The number of aliphatic hydroxyl groups excluding tert-OH is 2. The summed E-state index contributed by atoms with van der Waals surface area (Å²) in [5, 5.41) is 39.1. The number of carboxylic acid groups (broad SMARTS) is 1. The van der Waals surface area contributed by atoms with Crippen molar-refractivity contribution in [1.29, 1.82) is 5.26 Å². The first-order valence-corrected chi connectivity index (χ1v) is 26.2. The van der Waals surface area contributed by atoms with Gasteiger partial charge in [0.15, 0.2) is 0 Å². The monoisotopic (exact) mass is 881 g/mol. The Labute approximate surface area is 380 Å². The molecule has 0 aromatic rings. The predicted molar refractivity (Wildman–Crippen MR) is 256 cm³/mol. The summed E-state index contributed by atoms with van der Waals surface area (Å²) in [5.41, 5.74) is -1.39. The number of amides is 1. The van der Waals surface area contributed by atoms with Crippen molar-refractivity contribution in [2.45, 2.75) is 252 Å². The largest absolute Gasteiger partial charge is 0.481 e. The van der Waals surface area contributed by atoms with Crippen LogP contribution in [0, 0.1) is 28.6 Å². The smallest absolute Gasteiger partial charge is 0.310 e. The van der Waals surface area contributed by atoms with Gasteiger partial charge in [0.05, 0.1) is 29.9 Å². The van der Waals surface area contributed by atoms with Gasteiger partial charge < -0.3 is 25.0 Å². The van der Waals surface area contributed by atoms with Gasteiger partial charge in [0, 0.05) is 25.3 Å². The maximum Gasteiger partial charge on any atom is 0.310 e. The predicted octanol–water partition coefficient (Wildman–Crippen LogP) is 13.2. The second kappa shape index (κ2) is 42.1. The second-order valence-corrected chi connectivity index (χ2v) is 18.9. The SMILES string of the molecule is CCCCCCCCCCCCCCCCCCN(CCCCCCCCCCCCCCCCCC)C(=O)CCC(C)(C#N)C(CC(CS)C(=O)O)C(=O)OCC(O)CO. The van der Waals surface area contributed by atoms with Crippen LogP contribution in [0.1, 0.15) is 245 Å². The zero-order chi connectivity index (χ0) is 45.2. The molecule has 9 nitrogen and oxygen atoms in total. The lowest BCUT2D eigenvalue weighted by Crippen LogP contribution is -2.40. The first-order valence-electron chi connectivity index (χ1n) is 25.6. The third kappa shape index (κ3) is 33.4. The molecule has 0 rings (SSSR count). The molecule has 0 aliphatic rings. The zero-order valence-electron chi connectivity index (χ0n) is 39.8. The molecule has 61 heavy (non-hydrogen) atoms. The van der Waals surface area contributed by atoms with Crippen molar-refractivity contribution < 1.29 is 34.4 Å². The van der Waals surface area contributed by atoms with Crippen molar-refractivity contribution >= 4 is 30.5 Å². The quantitative estimate of drug-likeness (QED) is 0.0268. The summed E-state index contributed by atoms with van der Waals surface area (Å²) in [6.07, 6.45) is 39.9. The molecule has 0 spiro atoms. The summed E-state index contributed by atoms with van der Waals surface area (Å²) in [5.74, 6) is -4.20. The van der Waals surface area contributed by atoms with Gasteiger partial charge >= 0.3 is 11.9 Å². The lowest BCUT2D eigenvalue weighted by atomic mass is 9.71.